The van der Waals surface area contributed by atoms with Crippen LogP contribution in [0.4, 0.5) is 32.3 Å². The average Bonchev–Trinajstić information content (AvgIpc) is 3.17. The number of hydrogen-bond acceptors (Lipinski definition) is 9. The maximum Gasteiger partial charge on any atom is 0.408 e. The Morgan fingerprint density at radius 3 is 2.71 bits per heavy atom. The maximum atomic E-state index is 15.0. The number of hydrogen-bond donors (Lipinski definition) is 3. The lowest BCUT2D eigenvalue weighted by molar-refractivity contribution is 0.0317. The lowest BCUT2D eigenvalue weighted by Gasteiger charge is -2.33. The zero-order valence-corrected chi connectivity index (χ0v) is 22.4. The van der Waals surface area contributed by atoms with Gasteiger partial charge in [-0.15, -0.1) is 0 Å². The molecule has 12 heteroatoms. The SMILES string of the molecule is CN(C)c1nn(C)c2ccc(Nc3nc(N[C@@H]4CCOC[C@@H]4NC(=O)OC(C)(C)C)c(F)cc3C#N)cc12. The van der Waals surface area contributed by atoms with Crippen LogP contribution in [0.15, 0.2) is 24.3 Å². The number of aromatic nitrogens is 3. The molecule has 38 heavy (non-hydrogen) atoms. The second-order valence-electron chi connectivity index (χ2n) is 10.4. The van der Waals surface area contributed by atoms with Crippen molar-refractivity contribution in [1.82, 2.24) is 20.1 Å². The second kappa shape index (κ2) is 10.7. The molecule has 202 valence electrons. The van der Waals surface area contributed by atoms with E-state index in [0.717, 1.165) is 22.8 Å². The van der Waals surface area contributed by atoms with Crippen molar-refractivity contribution < 1.29 is 18.7 Å². The molecule has 3 heterocycles. The minimum atomic E-state index is -0.674. The molecule has 1 saturated heterocycles. The number of benzene rings is 1. The summed E-state index contributed by atoms with van der Waals surface area (Å²) in [5.41, 5.74) is 1.02. The van der Waals surface area contributed by atoms with E-state index in [4.69, 9.17) is 9.47 Å². The van der Waals surface area contributed by atoms with E-state index in [1.54, 1.807) is 25.5 Å². The van der Waals surface area contributed by atoms with Crippen LogP contribution in [0.2, 0.25) is 0 Å². The Morgan fingerprint density at radius 2 is 2.03 bits per heavy atom. The third-order valence-electron chi connectivity index (χ3n) is 5.99. The van der Waals surface area contributed by atoms with Crippen LogP contribution < -0.4 is 20.9 Å². The largest absolute Gasteiger partial charge is 0.444 e. The minimum Gasteiger partial charge on any atom is -0.444 e. The quantitative estimate of drug-likeness (QED) is 0.440. The molecule has 1 aliphatic rings. The van der Waals surface area contributed by atoms with Crippen molar-refractivity contribution in [2.45, 2.75) is 44.9 Å². The van der Waals surface area contributed by atoms with Gasteiger partial charge < -0.3 is 30.3 Å². The number of nitriles is 1. The number of anilines is 4. The van der Waals surface area contributed by atoms with Gasteiger partial charge in [0, 0.05) is 38.8 Å². The van der Waals surface area contributed by atoms with Crippen molar-refractivity contribution in [1.29, 1.82) is 5.26 Å². The Labute approximate surface area is 220 Å². The molecule has 3 N–H and O–H groups in total. The lowest BCUT2D eigenvalue weighted by Crippen LogP contribution is -2.53. The summed E-state index contributed by atoms with van der Waals surface area (Å²) in [5.74, 6) is 0.289. The number of aryl methyl sites for hydroxylation is 1. The molecule has 0 unspecified atom stereocenters. The number of ether oxygens (including phenoxy) is 2. The van der Waals surface area contributed by atoms with Crippen LogP contribution in [0.3, 0.4) is 0 Å². The molecule has 2 aromatic heterocycles. The topological polar surface area (TPSA) is 129 Å². The van der Waals surface area contributed by atoms with Crippen molar-refractivity contribution in [3.63, 3.8) is 0 Å². The molecule has 0 aliphatic carbocycles. The normalized spacial score (nSPS) is 17.5. The number of carbonyl (C=O) groups is 1. The fourth-order valence-electron chi connectivity index (χ4n) is 4.25. The predicted molar refractivity (Wildman–Crippen MR) is 143 cm³/mol. The molecular formula is C26H33FN8O3. The first-order valence-electron chi connectivity index (χ1n) is 12.3. The van der Waals surface area contributed by atoms with Gasteiger partial charge in [0.1, 0.15) is 11.7 Å². The van der Waals surface area contributed by atoms with Crippen LogP contribution in [-0.2, 0) is 16.5 Å². The number of nitrogens with zero attached hydrogens (tertiary/aromatic N) is 5. The Kier molecular flexibility index (Phi) is 7.59. The van der Waals surface area contributed by atoms with Gasteiger partial charge in [0.25, 0.3) is 0 Å². The zero-order valence-electron chi connectivity index (χ0n) is 22.4. The Morgan fingerprint density at radius 1 is 1.26 bits per heavy atom. The van der Waals surface area contributed by atoms with Crippen LogP contribution in [0.1, 0.15) is 32.8 Å². The summed E-state index contributed by atoms with van der Waals surface area (Å²) in [7, 11) is 5.70. The van der Waals surface area contributed by atoms with Gasteiger partial charge in [0.05, 0.1) is 29.8 Å². The molecule has 4 rings (SSSR count). The van der Waals surface area contributed by atoms with Gasteiger partial charge in [-0.2, -0.15) is 10.4 Å². The molecule has 0 spiro atoms. The van der Waals surface area contributed by atoms with Gasteiger partial charge in [-0.25, -0.2) is 14.2 Å². The van der Waals surface area contributed by atoms with Crippen LogP contribution >= 0.6 is 0 Å². The van der Waals surface area contributed by atoms with Crippen molar-refractivity contribution in [3.05, 3.63) is 35.6 Å². The predicted octanol–water partition coefficient (Wildman–Crippen LogP) is 3.88. The highest BCUT2D eigenvalue weighted by molar-refractivity contribution is 5.93. The summed E-state index contributed by atoms with van der Waals surface area (Å²) in [5, 5.41) is 24.2. The second-order valence-corrected chi connectivity index (χ2v) is 10.4. The van der Waals surface area contributed by atoms with Crippen LogP contribution in [0.5, 0.6) is 0 Å². The number of pyridine rings is 1. The van der Waals surface area contributed by atoms with Crippen LogP contribution in [0.25, 0.3) is 10.9 Å². The van der Waals surface area contributed by atoms with E-state index in [1.165, 1.54) is 0 Å². The first-order chi connectivity index (χ1) is 17.9. The number of rotatable bonds is 6. The molecule has 1 fully saturated rings. The van der Waals surface area contributed by atoms with Gasteiger partial charge in [-0.05, 0) is 51.5 Å². The molecule has 1 aliphatic heterocycles. The molecule has 0 radical (unpaired) electrons. The number of alkyl carbamates (subject to hydrolysis) is 1. The van der Waals surface area contributed by atoms with E-state index in [1.807, 2.05) is 50.3 Å². The zero-order chi connectivity index (χ0) is 27.6. The summed E-state index contributed by atoms with van der Waals surface area (Å²) in [6, 6.07) is 7.99. The number of halogens is 1. The van der Waals surface area contributed by atoms with E-state index >= 15 is 4.39 Å². The van der Waals surface area contributed by atoms with Crippen molar-refractivity contribution in [2.75, 3.05) is 42.8 Å². The smallest absolute Gasteiger partial charge is 0.408 e. The van der Waals surface area contributed by atoms with E-state index in [9.17, 15) is 10.1 Å². The summed E-state index contributed by atoms with van der Waals surface area (Å²) in [6.45, 7) is 6.00. The number of fused-ring (bicyclic) bond motifs is 1. The van der Waals surface area contributed by atoms with E-state index in [-0.39, 0.29) is 29.8 Å². The fraction of sp³-hybridized carbons (Fsp3) is 0.462. The number of carbonyl (C=O) groups excluding carboxylic acids is 1. The number of amides is 1. The first kappa shape index (κ1) is 26.9. The van der Waals surface area contributed by atoms with Crippen molar-refractivity contribution >= 4 is 40.1 Å². The molecule has 3 aromatic rings. The standard InChI is InChI=1S/C26H33FN8O3/c1-26(2,3)38-25(36)31-20-14-37-10-9-19(20)30-23-18(27)11-15(13-28)22(32-23)29-16-7-8-21-17(12-16)24(34(4)5)33-35(21)6/h7-8,11-12,19-20H,9-10,14H2,1-6H3,(H,31,36)(H2,29,30,32)/t19-,20+/m1/s1. The summed E-state index contributed by atoms with van der Waals surface area (Å²) < 4.78 is 27.7. The fourth-order valence-corrected chi connectivity index (χ4v) is 4.25. The monoisotopic (exact) mass is 524 g/mol. The third-order valence-corrected chi connectivity index (χ3v) is 5.99. The van der Waals surface area contributed by atoms with Crippen LogP contribution in [-0.4, -0.2) is 65.9 Å². The summed E-state index contributed by atoms with van der Waals surface area (Å²) in [4.78, 5) is 18.7. The highest BCUT2D eigenvalue weighted by Crippen LogP contribution is 2.30. The molecule has 0 bridgehead atoms. The maximum absolute atomic E-state index is 15.0. The van der Waals surface area contributed by atoms with Gasteiger partial charge in [0.15, 0.2) is 23.3 Å². The Balaban J connectivity index is 1.59. The highest BCUT2D eigenvalue weighted by atomic mass is 19.1. The van der Waals surface area contributed by atoms with Gasteiger partial charge in [-0.3, -0.25) is 4.68 Å². The van der Waals surface area contributed by atoms with Gasteiger partial charge in [0.2, 0.25) is 0 Å². The third kappa shape index (κ3) is 6.06. The lowest BCUT2D eigenvalue weighted by atomic mass is 10.0. The van der Waals surface area contributed by atoms with Crippen molar-refractivity contribution in [2.24, 2.45) is 7.05 Å². The summed E-state index contributed by atoms with van der Waals surface area (Å²) in [6.07, 6.45) is -0.0756. The first-order valence-corrected chi connectivity index (χ1v) is 12.3. The average molecular weight is 525 g/mol. The molecule has 0 saturated carbocycles. The van der Waals surface area contributed by atoms with Gasteiger partial charge >= 0.3 is 6.09 Å². The summed E-state index contributed by atoms with van der Waals surface area (Å²) >= 11 is 0. The number of nitrogens with one attached hydrogen (secondary N) is 3. The highest BCUT2D eigenvalue weighted by Gasteiger charge is 2.30. The van der Waals surface area contributed by atoms with Crippen molar-refractivity contribution in [3.8, 4) is 6.07 Å². The van der Waals surface area contributed by atoms with E-state index in [2.05, 4.69) is 26.0 Å². The Hall–Kier alpha value is -4.11. The minimum absolute atomic E-state index is 0.0363. The van der Waals surface area contributed by atoms with E-state index < -0.39 is 23.6 Å². The molecule has 1 amide bonds. The van der Waals surface area contributed by atoms with Gasteiger partial charge in [-0.1, -0.05) is 0 Å². The van der Waals surface area contributed by atoms with E-state index in [0.29, 0.717) is 18.7 Å². The molecule has 2 atom stereocenters. The molecule has 1 aromatic carbocycles. The molecule has 11 nitrogen and oxygen atoms in total. The Bertz CT molecular complexity index is 1380. The molecular weight excluding hydrogens is 491 g/mol. The van der Waals surface area contributed by atoms with Crippen LogP contribution in [0, 0.1) is 17.1 Å².